The molecule has 9 heteroatoms. The molecule has 1 aliphatic heterocycles. The van der Waals surface area contributed by atoms with Crippen molar-refractivity contribution in [2.75, 3.05) is 23.4 Å². The molecule has 1 aliphatic carbocycles. The van der Waals surface area contributed by atoms with Crippen LogP contribution >= 0.6 is 0 Å². The lowest BCUT2D eigenvalue weighted by Crippen LogP contribution is -2.47. The highest BCUT2D eigenvalue weighted by molar-refractivity contribution is 5.97. The smallest absolute Gasteiger partial charge is 0.409 e. The van der Waals surface area contributed by atoms with E-state index in [-0.39, 0.29) is 29.6 Å². The van der Waals surface area contributed by atoms with E-state index in [9.17, 15) is 9.59 Å². The molecule has 0 spiro atoms. The molecule has 1 aromatic carbocycles. The number of hydrogen-bond acceptors (Lipinski definition) is 6. The Morgan fingerprint density at radius 1 is 1.23 bits per heavy atom. The van der Waals surface area contributed by atoms with Gasteiger partial charge in [-0.15, -0.1) is 0 Å². The molecular weight excluding hydrogens is 396 g/mol. The third-order valence-electron chi connectivity index (χ3n) is 4.84. The first-order chi connectivity index (χ1) is 14.1. The minimum absolute atomic E-state index is 0.0419. The lowest BCUT2D eigenvalue weighted by molar-refractivity contribution is 0.0502. The number of nitrogens with zero attached hydrogens (tertiary/aromatic N) is 1. The zero-order valence-corrected chi connectivity index (χ0v) is 17.8. The van der Waals surface area contributed by atoms with Gasteiger partial charge in [0.2, 0.25) is 0 Å². The van der Waals surface area contributed by atoms with Crippen LogP contribution in [-0.4, -0.2) is 43.0 Å². The van der Waals surface area contributed by atoms with E-state index in [0.717, 1.165) is 18.9 Å². The molecule has 0 unspecified atom stereocenters. The van der Waals surface area contributed by atoms with Crippen LogP contribution in [-0.2, 0) is 9.47 Å². The maximum absolute atomic E-state index is 15.5. The van der Waals surface area contributed by atoms with Crippen molar-refractivity contribution in [2.24, 2.45) is 0 Å². The standard InChI is InChI=1S/C21H29F2N3O4/c1-5-29-19(27)13-11-14(22)18(16(23)17(13)24-12-8-9-12)26-10-6-7-15(26)25-20(28)30-21(2,3)4/h11-12,15,24H,5-10H2,1-4H3,(H,25,28)/t15-/m0/s1. The number of ether oxygens (including phenoxy) is 2. The summed E-state index contributed by atoms with van der Waals surface area (Å²) in [7, 11) is 0. The van der Waals surface area contributed by atoms with Gasteiger partial charge in [-0.2, -0.15) is 0 Å². The summed E-state index contributed by atoms with van der Waals surface area (Å²) in [5.74, 6) is -2.52. The number of carbonyl (C=O) groups is 2. The number of alkyl carbamates (subject to hydrolysis) is 1. The third-order valence-corrected chi connectivity index (χ3v) is 4.84. The maximum Gasteiger partial charge on any atom is 0.409 e. The first kappa shape index (κ1) is 22.1. The van der Waals surface area contributed by atoms with Gasteiger partial charge in [-0.3, -0.25) is 0 Å². The highest BCUT2D eigenvalue weighted by atomic mass is 19.1. The van der Waals surface area contributed by atoms with Crippen molar-refractivity contribution in [3.05, 3.63) is 23.3 Å². The summed E-state index contributed by atoms with van der Waals surface area (Å²) in [6.07, 6.45) is 1.58. The van der Waals surface area contributed by atoms with Gasteiger partial charge in [0.1, 0.15) is 17.5 Å². The van der Waals surface area contributed by atoms with Crippen LogP contribution in [0.5, 0.6) is 0 Å². The van der Waals surface area contributed by atoms with Crippen molar-refractivity contribution in [3.63, 3.8) is 0 Å². The Bertz CT molecular complexity index is 821. The number of anilines is 2. The van der Waals surface area contributed by atoms with Gasteiger partial charge in [-0.05, 0) is 59.4 Å². The van der Waals surface area contributed by atoms with Gasteiger partial charge >= 0.3 is 12.1 Å². The van der Waals surface area contributed by atoms with Gasteiger partial charge in [-0.25, -0.2) is 18.4 Å². The van der Waals surface area contributed by atoms with Gasteiger partial charge in [0, 0.05) is 12.6 Å². The second kappa shape index (κ2) is 8.65. The summed E-state index contributed by atoms with van der Waals surface area (Å²) in [6.45, 7) is 7.30. The monoisotopic (exact) mass is 425 g/mol. The number of carbonyl (C=O) groups excluding carboxylic acids is 2. The fraction of sp³-hybridized carbons (Fsp3) is 0.619. The third kappa shape index (κ3) is 5.12. The van der Waals surface area contributed by atoms with Gasteiger partial charge in [0.15, 0.2) is 11.6 Å². The molecule has 1 aromatic rings. The topological polar surface area (TPSA) is 79.9 Å². The number of amides is 1. The Balaban J connectivity index is 1.92. The van der Waals surface area contributed by atoms with Crippen LogP contribution in [0.1, 0.15) is 63.7 Å². The largest absolute Gasteiger partial charge is 0.462 e. The summed E-state index contributed by atoms with van der Waals surface area (Å²) >= 11 is 0. The number of esters is 1. The Labute approximate surface area is 175 Å². The van der Waals surface area contributed by atoms with E-state index in [2.05, 4.69) is 10.6 Å². The molecule has 1 amide bonds. The SMILES string of the molecule is CCOC(=O)c1cc(F)c(N2CCC[C@H]2NC(=O)OC(C)(C)C)c(F)c1NC1CC1. The average Bonchev–Trinajstić information content (AvgIpc) is 3.34. The van der Waals surface area contributed by atoms with Gasteiger partial charge in [0.05, 0.1) is 17.9 Å². The molecule has 2 aliphatic rings. The average molecular weight is 425 g/mol. The molecule has 0 bridgehead atoms. The van der Waals surface area contributed by atoms with Gasteiger partial charge < -0.3 is 25.0 Å². The van der Waals surface area contributed by atoms with Crippen molar-refractivity contribution in [2.45, 2.75) is 71.2 Å². The molecule has 1 saturated heterocycles. The number of rotatable bonds is 6. The van der Waals surface area contributed by atoms with E-state index >= 15 is 8.78 Å². The molecule has 2 fully saturated rings. The fourth-order valence-corrected chi connectivity index (χ4v) is 3.44. The van der Waals surface area contributed by atoms with Crippen LogP contribution in [0.4, 0.5) is 25.0 Å². The summed E-state index contributed by atoms with van der Waals surface area (Å²) in [5.41, 5.74) is -1.19. The highest BCUT2D eigenvalue weighted by Crippen LogP contribution is 2.38. The maximum atomic E-state index is 15.5. The first-order valence-corrected chi connectivity index (χ1v) is 10.3. The number of hydrogen-bond donors (Lipinski definition) is 2. The zero-order chi connectivity index (χ0) is 22.1. The molecule has 2 N–H and O–H groups in total. The highest BCUT2D eigenvalue weighted by Gasteiger charge is 2.35. The Hall–Kier alpha value is -2.58. The predicted octanol–water partition coefficient (Wildman–Crippen LogP) is 4.17. The van der Waals surface area contributed by atoms with Crippen LogP contribution < -0.4 is 15.5 Å². The number of halogens is 2. The zero-order valence-electron chi connectivity index (χ0n) is 17.8. The van der Waals surface area contributed by atoms with E-state index in [4.69, 9.17) is 9.47 Å². The lowest BCUT2D eigenvalue weighted by atomic mass is 10.1. The van der Waals surface area contributed by atoms with Crippen molar-refractivity contribution < 1.29 is 27.8 Å². The quantitative estimate of drug-likeness (QED) is 0.666. The first-order valence-electron chi connectivity index (χ1n) is 10.3. The molecule has 0 radical (unpaired) electrons. The lowest BCUT2D eigenvalue weighted by Gasteiger charge is -2.30. The van der Waals surface area contributed by atoms with E-state index in [0.29, 0.717) is 19.4 Å². The van der Waals surface area contributed by atoms with E-state index in [1.165, 1.54) is 4.90 Å². The Morgan fingerprint density at radius 3 is 2.53 bits per heavy atom. The van der Waals surface area contributed by atoms with E-state index in [1.807, 2.05) is 0 Å². The summed E-state index contributed by atoms with van der Waals surface area (Å²) in [5, 5.41) is 5.68. The van der Waals surface area contributed by atoms with Crippen LogP contribution in [0.2, 0.25) is 0 Å². The Morgan fingerprint density at radius 2 is 1.93 bits per heavy atom. The molecular formula is C21H29F2N3O4. The van der Waals surface area contributed by atoms with Crippen LogP contribution in [0, 0.1) is 11.6 Å². The van der Waals surface area contributed by atoms with Crippen LogP contribution in [0.25, 0.3) is 0 Å². The number of benzene rings is 1. The minimum Gasteiger partial charge on any atom is -0.462 e. The Kier molecular flexibility index (Phi) is 6.38. The second-order valence-corrected chi connectivity index (χ2v) is 8.58. The molecule has 7 nitrogen and oxygen atoms in total. The molecule has 1 atom stereocenters. The van der Waals surface area contributed by atoms with Crippen molar-refractivity contribution in [1.29, 1.82) is 0 Å². The van der Waals surface area contributed by atoms with Crippen molar-refractivity contribution in [1.82, 2.24) is 5.32 Å². The molecule has 166 valence electrons. The van der Waals surface area contributed by atoms with E-state index in [1.54, 1.807) is 27.7 Å². The van der Waals surface area contributed by atoms with Gasteiger partial charge in [-0.1, -0.05) is 0 Å². The summed E-state index contributed by atoms with van der Waals surface area (Å²) in [4.78, 5) is 25.9. The summed E-state index contributed by atoms with van der Waals surface area (Å²) < 4.78 is 40.8. The molecule has 3 rings (SSSR count). The fourth-order valence-electron chi connectivity index (χ4n) is 3.44. The van der Waals surface area contributed by atoms with Gasteiger partial charge in [0.25, 0.3) is 0 Å². The second-order valence-electron chi connectivity index (χ2n) is 8.58. The van der Waals surface area contributed by atoms with Crippen LogP contribution in [0.15, 0.2) is 6.07 Å². The molecule has 0 aromatic heterocycles. The number of nitrogens with one attached hydrogen (secondary N) is 2. The van der Waals surface area contributed by atoms with Crippen molar-refractivity contribution >= 4 is 23.4 Å². The normalized spacial score (nSPS) is 18.9. The summed E-state index contributed by atoms with van der Waals surface area (Å²) in [6, 6.07) is 1.05. The van der Waals surface area contributed by atoms with E-state index < -0.39 is 35.5 Å². The molecule has 30 heavy (non-hydrogen) atoms. The predicted molar refractivity (Wildman–Crippen MR) is 109 cm³/mol. The minimum atomic E-state index is -0.880. The molecule has 1 saturated carbocycles. The van der Waals surface area contributed by atoms with Crippen molar-refractivity contribution in [3.8, 4) is 0 Å². The molecule has 1 heterocycles. The van der Waals surface area contributed by atoms with Crippen LogP contribution in [0.3, 0.4) is 0 Å².